The molecule has 5 rings (SSSR count). The minimum absolute atomic E-state index is 0.0950. The van der Waals surface area contributed by atoms with E-state index in [-0.39, 0.29) is 18.6 Å². The van der Waals surface area contributed by atoms with Crippen molar-refractivity contribution in [1.29, 1.82) is 5.26 Å². The lowest BCUT2D eigenvalue weighted by Gasteiger charge is -2.38. The molecule has 1 fully saturated rings. The van der Waals surface area contributed by atoms with Crippen LogP contribution in [0, 0.1) is 11.3 Å². The molecule has 9 heteroatoms. The van der Waals surface area contributed by atoms with E-state index >= 15 is 0 Å². The number of carbonyl (C=O) groups excluding carboxylic acids is 2. The molecule has 8 nitrogen and oxygen atoms in total. The quantitative estimate of drug-likeness (QED) is 0.600. The molecule has 3 aromatic rings. The number of halogens is 1. The van der Waals surface area contributed by atoms with Crippen molar-refractivity contribution in [1.82, 2.24) is 20.0 Å². The number of amides is 3. The van der Waals surface area contributed by atoms with E-state index in [9.17, 15) is 9.59 Å². The molecule has 0 atom stereocenters. The van der Waals surface area contributed by atoms with Gasteiger partial charge in [-0.3, -0.25) is 9.48 Å². The summed E-state index contributed by atoms with van der Waals surface area (Å²) in [6.07, 6.45) is 1.71. The van der Waals surface area contributed by atoms with E-state index in [0.29, 0.717) is 52.1 Å². The van der Waals surface area contributed by atoms with Crippen molar-refractivity contribution in [2.24, 2.45) is 5.73 Å². The Morgan fingerprint density at radius 2 is 1.91 bits per heavy atom. The molecule has 0 saturated heterocycles. The lowest BCUT2D eigenvalue weighted by molar-refractivity contribution is 0.0997. The second kappa shape index (κ2) is 8.84. The summed E-state index contributed by atoms with van der Waals surface area (Å²) in [5.41, 5.74) is 9.70. The van der Waals surface area contributed by atoms with Crippen LogP contribution in [0.25, 0.3) is 11.3 Å². The number of carbonyl (C=O) groups is 2. The monoisotopic (exact) mass is 474 g/mol. The van der Waals surface area contributed by atoms with Crippen LogP contribution in [0.1, 0.15) is 45.9 Å². The average Bonchev–Trinajstić information content (AvgIpc) is 3.20. The molecule has 172 valence electrons. The highest BCUT2D eigenvalue weighted by Crippen LogP contribution is 2.37. The molecule has 2 heterocycles. The zero-order valence-electron chi connectivity index (χ0n) is 18.4. The minimum Gasteiger partial charge on any atom is -0.365 e. The number of hydrogen-bond acceptors (Lipinski definition) is 4. The van der Waals surface area contributed by atoms with Gasteiger partial charge >= 0.3 is 6.03 Å². The Hall–Kier alpha value is -3.83. The first-order chi connectivity index (χ1) is 16.4. The lowest BCUT2D eigenvalue weighted by atomic mass is 9.76. The van der Waals surface area contributed by atoms with E-state index in [4.69, 9.17) is 22.6 Å². The summed E-state index contributed by atoms with van der Waals surface area (Å²) in [5, 5.41) is 17.2. The summed E-state index contributed by atoms with van der Waals surface area (Å²) in [6, 6.07) is 16.8. The molecule has 2 aliphatic rings. The smallest absolute Gasteiger partial charge is 0.318 e. The maximum absolute atomic E-state index is 13.0. The molecule has 0 spiro atoms. The average molecular weight is 475 g/mol. The third-order valence-corrected chi connectivity index (χ3v) is 6.82. The van der Waals surface area contributed by atoms with Crippen molar-refractivity contribution in [3.8, 4) is 17.3 Å². The van der Waals surface area contributed by atoms with Gasteiger partial charge in [0.15, 0.2) is 0 Å². The number of benzene rings is 2. The lowest BCUT2D eigenvalue weighted by Crippen LogP contribution is -2.51. The number of aromatic nitrogens is 2. The Morgan fingerprint density at radius 1 is 1.15 bits per heavy atom. The van der Waals surface area contributed by atoms with Crippen LogP contribution in [0.2, 0.25) is 5.02 Å². The van der Waals surface area contributed by atoms with E-state index in [1.165, 1.54) is 5.56 Å². The fourth-order valence-electron chi connectivity index (χ4n) is 4.69. The van der Waals surface area contributed by atoms with Gasteiger partial charge in [-0.15, -0.1) is 0 Å². The van der Waals surface area contributed by atoms with Crippen LogP contribution >= 0.6 is 11.6 Å². The Bertz CT molecular complexity index is 1300. The van der Waals surface area contributed by atoms with E-state index in [1.54, 1.807) is 27.8 Å². The SMILES string of the molecule is N#Cc1ccc([C@H]2C[C@@H](NC(=O)N3CCn4nc(-c5cccc(Cl)c5)c(C(N)=O)c4C3)C2)cc1. The summed E-state index contributed by atoms with van der Waals surface area (Å²) in [4.78, 5) is 27.0. The van der Waals surface area contributed by atoms with Gasteiger partial charge < -0.3 is 16.0 Å². The summed E-state index contributed by atoms with van der Waals surface area (Å²) in [5.74, 6) is -0.203. The molecular formula is C25H23ClN6O2. The van der Waals surface area contributed by atoms with Crippen molar-refractivity contribution < 1.29 is 9.59 Å². The Labute approximate surface area is 201 Å². The molecule has 3 N–H and O–H groups in total. The molecule has 1 saturated carbocycles. The van der Waals surface area contributed by atoms with Gasteiger partial charge in [0.1, 0.15) is 5.69 Å². The van der Waals surface area contributed by atoms with Crippen LogP contribution in [-0.2, 0) is 13.1 Å². The van der Waals surface area contributed by atoms with Gasteiger partial charge in [-0.1, -0.05) is 35.9 Å². The van der Waals surface area contributed by atoms with E-state index in [1.807, 2.05) is 30.3 Å². The fourth-order valence-corrected chi connectivity index (χ4v) is 4.88. The number of nitriles is 1. The fraction of sp³-hybridized carbons (Fsp3) is 0.280. The zero-order valence-corrected chi connectivity index (χ0v) is 19.1. The minimum atomic E-state index is -0.581. The molecule has 34 heavy (non-hydrogen) atoms. The van der Waals surface area contributed by atoms with Crippen molar-refractivity contribution in [3.63, 3.8) is 0 Å². The summed E-state index contributed by atoms with van der Waals surface area (Å²) >= 11 is 6.12. The maximum atomic E-state index is 13.0. The predicted molar refractivity (Wildman–Crippen MR) is 127 cm³/mol. The number of fused-ring (bicyclic) bond motifs is 1. The van der Waals surface area contributed by atoms with Gasteiger partial charge in [-0.25, -0.2) is 4.79 Å². The first kappa shape index (κ1) is 22.0. The van der Waals surface area contributed by atoms with Gasteiger partial charge in [-0.05, 0) is 48.6 Å². The van der Waals surface area contributed by atoms with Crippen LogP contribution in [0.15, 0.2) is 48.5 Å². The maximum Gasteiger partial charge on any atom is 0.318 e. The number of nitrogens with zero attached hydrogens (tertiary/aromatic N) is 4. The number of primary amides is 1. The van der Waals surface area contributed by atoms with Crippen molar-refractivity contribution >= 4 is 23.5 Å². The van der Waals surface area contributed by atoms with Gasteiger partial charge in [-0.2, -0.15) is 10.4 Å². The second-order valence-corrected chi connectivity index (χ2v) is 9.17. The Morgan fingerprint density at radius 3 is 2.59 bits per heavy atom. The molecule has 0 bridgehead atoms. The number of urea groups is 1. The van der Waals surface area contributed by atoms with E-state index in [0.717, 1.165) is 12.8 Å². The van der Waals surface area contributed by atoms with Crippen LogP contribution in [-0.4, -0.2) is 39.2 Å². The molecule has 2 aromatic carbocycles. The topological polar surface area (TPSA) is 117 Å². The molecule has 0 unspecified atom stereocenters. The van der Waals surface area contributed by atoms with Crippen LogP contribution in [0.5, 0.6) is 0 Å². The third-order valence-electron chi connectivity index (χ3n) is 6.59. The highest BCUT2D eigenvalue weighted by molar-refractivity contribution is 6.30. The molecule has 3 amide bonds. The molecule has 1 aliphatic heterocycles. The molecule has 1 aromatic heterocycles. The van der Waals surface area contributed by atoms with Crippen molar-refractivity contribution in [3.05, 3.63) is 75.9 Å². The first-order valence-corrected chi connectivity index (χ1v) is 11.5. The molecular weight excluding hydrogens is 452 g/mol. The highest BCUT2D eigenvalue weighted by Gasteiger charge is 2.34. The standard InChI is InChI=1S/C25H23ClN6O2/c26-19-3-1-2-17(10-19)23-22(24(28)33)21-14-31(8-9-32(21)30-23)25(34)29-20-11-18(12-20)16-6-4-15(13-27)5-7-16/h1-7,10,18,20H,8-9,11-12,14H2,(H2,28,33)(H,29,34)/t18-,20+. The predicted octanol–water partition coefficient (Wildman–Crippen LogP) is 3.65. The first-order valence-electron chi connectivity index (χ1n) is 11.1. The van der Waals surface area contributed by atoms with E-state index < -0.39 is 5.91 Å². The summed E-state index contributed by atoms with van der Waals surface area (Å²) in [6.45, 7) is 1.21. The highest BCUT2D eigenvalue weighted by atomic mass is 35.5. The second-order valence-electron chi connectivity index (χ2n) is 8.74. The number of rotatable bonds is 4. The normalized spacial score (nSPS) is 19.0. The Balaban J connectivity index is 1.26. The van der Waals surface area contributed by atoms with Crippen LogP contribution in [0.4, 0.5) is 4.79 Å². The van der Waals surface area contributed by atoms with Gasteiger partial charge in [0, 0.05) is 23.2 Å². The number of nitrogens with one attached hydrogen (secondary N) is 1. The van der Waals surface area contributed by atoms with Gasteiger partial charge in [0.2, 0.25) is 0 Å². The summed E-state index contributed by atoms with van der Waals surface area (Å²) in [7, 11) is 0. The number of hydrogen-bond donors (Lipinski definition) is 2. The third kappa shape index (κ3) is 4.11. The van der Waals surface area contributed by atoms with Crippen molar-refractivity contribution in [2.45, 2.75) is 37.9 Å². The molecule has 0 radical (unpaired) electrons. The van der Waals surface area contributed by atoms with Gasteiger partial charge in [0.05, 0.1) is 36.0 Å². The van der Waals surface area contributed by atoms with Gasteiger partial charge in [0.25, 0.3) is 5.91 Å². The number of nitrogens with two attached hydrogens (primary N) is 1. The summed E-state index contributed by atoms with van der Waals surface area (Å²) < 4.78 is 1.75. The van der Waals surface area contributed by atoms with Crippen LogP contribution < -0.4 is 11.1 Å². The van der Waals surface area contributed by atoms with Crippen LogP contribution in [0.3, 0.4) is 0 Å². The van der Waals surface area contributed by atoms with E-state index in [2.05, 4.69) is 16.5 Å². The van der Waals surface area contributed by atoms with Crippen molar-refractivity contribution in [2.75, 3.05) is 6.54 Å². The molecule has 1 aliphatic carbocycles. The zero-order chi connectivity index (χ0) is 23.8. The Kier molecular flexibility index (Phi) is 5.72. The largest absolute Gasteiger partial charge is 0.365 e.